The maximum absolute atomic E-state index is 12.4. The van der Waals surface area contributed by atoms with Crippen molar-refractivity contribution >= 4 is 23.2 Å². The van der Waals surface area contributed by atoms with Gasteiger partial charge in [-0.3, -0.25) is 14.3 Å². The number of hydrogen-bond donors (Lipinski definition) is 2. The average molecular weight is 390 g/mol. The molecule has 1 atom stereocenters. The number of fused-ring (bicyclic) bond motifs is 1. The highest BCUT2D eigenvalue weighted by atomic mass is 16.5. The number of carbonyl (C=O) groups excluding carboxylic acids is 2. The van der Waals surface area contributed by atoms with Crippen LogP contribution < -0.4 is 15.4 Å². The van der Waals surface area contributed by atoms with Crippen LogP contribution in [0.5, 0.6) is 5.75 Å². The molecule has 1 unspecified atom stereocenters. The van der Waals surface area contributed by atoms with Gasteiger partial charge in [0.15, 0.2) is 6.10 Å². The summed E-state index contributed by atoms with van der Waals surface area (Å²) in [7, 11) is 0. The Bertz CT molecular complexity index is 1070. The van der Waals surface area contributed by atoms with Crippen LogP contribution in [0.4, 0.5) is 11.4 Å². The van der Waals surface area contributed by atoms with Crippen molar-refractivity contribution in [2.45, 2.75) is 32.9 Å². The van der Waals surface area contributed by atoms with E-state index in [1.807, 2.05) is 44.2 Å². The lowest BCUT2D eigenvalue weighted by molar-refractivity contribution is -0.128. The van der Waals surface area contributed by atoms with Crippen LogP contribution in [0.2, 0.25) is 0 Å². The molecular weight excluding hydrogens is 368 g/mol. The van der Waals surface area contributed by atoms with E-state index in [2.05, 4.69) is 21.8 Å². The standard InChI is InChI=1S/C22H22N4O3/c1-14-4-3-5-16(8-14)12-26-13-17(11-23-26)24-21(27)10-20-22(28)25-18-9-15(2)6-7-19(18)29-20/h3-9,11,13,20H,10,12H2,1-2H3,(H,24,27)(H,25,28). The summed E-state index contributed by atoms with van der Waals surface area (Å²) in [5, 5.41) is 9.86. The fraction of sp³-hybridized carbons (Fsp3) is 0.227. The first kappa shape index (κ1) is 18.7. The van der Waals surface area contributed by atoms with Crippen molar-refractivity contribution in [3.63, 3.8) is 0 Å². The van der Waals surface area contributed by atoms with Gasteiger partial charge >= 0.3 is 0 Å². The van der Waals surface area contributed by atoms with Crippen LogP contribution in [0.1, 0.15) is 23.1 Å². The zero-order chi connectivity index (χ0) is 20.4. The van der Waals surface area contributed by atoms with Crippen molar-refractivity contribution in [1.29, 1.82) is 0 Å². The molecule has 29 heavy (non-hydrogen) atoms. The molecule has 1 aliphatic rings. The molecule has 0 bridgehead atoms. The SMILES string of the molecule is Cc1cccc(Cn2cc(NC(=O)CC3Oc4ccc(C)cc4NC3=O)cn2)c1. The summed E-state index contributed by atoms with van der Waals surface area (Å²) in [6, 6.07) is 13.7. The van der Waals surface area contributed by atoms with Crippen molar-refractivity contribution in [3.8, 4) is 5.75 Å². The second-order valence-electron chi connectivity index (χ2n) is 7.26. The van der Waals surface area contributed by atoms with Crippen LogP contribution in [-0.2, 0) is 16.1 Å². The molecule has 0 spiro atoms. The maximum Gasteiger partial charge on any atom is 0.266 e. The number of amides is 2. The molecule has 1 aliphatic heterocycles. The minimum absolute atomic E-state index is 0.0811. The molecule has 4 rings (SSSR count). The zero-order valence-corrected chi connectivity index (χ0v) is 16.3. The Labute approximate surface area is 168 Å². The molecule has 2 amide bonds. The Morgan fingerprint density at radius 2 is 2.03 bits per heavy atom. The third-order valence-electron chi connectivity index (χ3n) is 4.67. The first-order valence-corrected chi connectivity index (χ1v) is 9.42. The highest BCUT2D eigenvalue weighted by Gasteiger charge is 2.29. The summed E-state index contributed by atoms with van der Waals surface area (Å²) in [5.74, 6) is -0.0665. The number of ether oxygens (including phenoxy) is 1. The van der Waals surface area contributed by atoms with Crippen LogP contribution >= 0.6 is 0 Å². The largest absolute Gasteiger partial charge is 0.478 e. The van der Waals surface area contributed by atoms with E-state index in [0.717, 1.165) is 11.1 Å². The second-order valence-corrected chi connectivity index (χ2v) is 7.26. The van der Waals surface area contributed by atoms with Crippen LogP contribution in [0.25, 0.3) is 0 Å². The van der Waals surface area contributed by atoms with Crippen molar-refractivity contribution in [3.05, 3.63) is 71.5 Å². The highest BCUT2D eigenvalue weighted by molar-refractivity contribution is 6.02. The summed E-state index contributed by atoms with van der Waals surface area (Å²) in [6.45, 7) is 4.59. The normalized spacial score (nSPS) is 15.2. The van der Waals surface area contributed by atoms with Gasteiger partial charge in [-0.05, 0) is 37.1 Å². The molecule has 0 aliphatic carbocycles. The summed E-state index contributed by atoms with van der Waals surface area (Å²) in [4.78, 5) is 24.7. The van der Waals surface area contributed by atoms with Crippen molar-refractivity contribution in [2.24, 2.45) is 0 Å². The molecule has 0 saturated carbocycles. The van der Waals surface area contributed by atoms with Gasteiger partial charge in [-0.2, -0.15) is 5.10 Å². The monoisotopic (exact) mass is 390 g/mol. The predicted molar refractivity (Wildman–Crippen MR) is 110 cm³/mol. The molecule has 2 N–H and O–H groups in total. The van der Waals surface area contributed by atoms with Crippen LogP contribution in [-0.4, -0.2) is 27.7 Å². The molecule has 2 aromatic carbocycles. The number of nitrogens with zero attached hydrogens (tertiary/aromatic N) is 2. The van der Waals surface area contributed by atoms with Crippen molar-refractivity contribution < 1.29 is 14.3 Å². The van der Waals surface area contributed by atoms with E-state index in [-0.39, 0.29) is 18.2 Å². The molecule has 7 heteroatoms. The van der Waals surface area contributed by atoms with Gasteiger partial charge in [-0.1, -0.05) is 35.9 Å². The summed E-state index contributed by atoms with van der Waals surface area (Å²) >= 11 is 0. The summed E-state index contributed by atoms with van der Waals surface area (Å²) in [6.07, 6.45) is 2.41. The van der Waals surface area contributed by atoms with E-state index in [4.69, 9.17) is 4.74 Å². The van der Waals surface area contributed by atoms with Gasteiger partial charge in [0.25, 0.3) is 5.91 Å². The number of hydrogen-bond acceptors (Lipinski definition) is 4. The summed E-state index contributed by atoms with van der Waals surface area (Å²) in [5.41, 5.74) is 4.54. The molecule has 0 fully saturated rings. The van der Waals surface area contributed by atoms with Gasteiger partial charge in [0, 0.05) is 6.20 Å². The third kappa shape index (κ3) is 4.45. The number of aryl methyl sites for hydroxylation is 2. The number of nitrogens with one attached hydrogen (secondary N) is 2. The Kier molecular flexibility index (Phi) is 5.03. The van der Waals surface area contributed by atoms with Crippen LogP contribution in [0.15, 0.2) is 54.9 Å². The molecule has 7 nitrogen and oxygen atoms in total. The molecule has 1 aromatic heterocycles. The number of aromatic nitrogens is 2. The quantitative estimate of drug-likeness (QED) is 0.700. The number of carbonyl (C=O) groups is 2. The molecule has 0 radical (unpaired) electrons. The Morgan fingerprint density at radius 3 is 2.86 bits per heavy atom. The number of benzene rings is 2. The van der Waals surface area contributed by atoms with E-state index in [0.29, 0.717) is 23.7 Å². The predicted octanol–water partition coefficient (Wildman–Crippen LogP) is 3.28. The van der Waals surface area contributed by atoms with Gasteiger partial charge in [0.05, 0.1) is 30.5 Å². The van der Waals surface area contributed by atoms with Crippen LogP contribution in [0.3, 0.4) is 0 Å². The van der Waals surface area contributed by atoms with E-state index in [9.17, 15) is 9.59 Å². The van der Waals surface area contributed by atoms with Crippen molar-refractivity contribution in [1.82, 2.24) is 9.78 Å². The minimum atomic E-state index is -0.868. The first-order valence-electron chi connectivity index (χ1n) is 9.42. The Hall–Kier alpha value is -3.61. The topological polar surface area (TPSA) is 85.3 Å². The lowest BCUT2D eigenvalue weighted by Gasteiger charge is -2.25. The minimum Gasteiger partial charge on any atom is -0.478 e. The average Bonchev–Trinajstić information content (AvgIpc) is 3.09. The Balaban J connectivity index is 1.36. The fourth-order valence-corrected chi connectivity index (χ4v) is 3.29. The van der Waals surface area contributed by atoms with E-state index >= 15 is 0 Å². The van der Waals surface area contributed by atoms with Gasteiger partial charge in [-0.15, -0.1) is 0 Å². The molecule has 2 heterocycles. The van der Waals surface area contributed by atoms with Gasteiger partial charge in [-0.25, -0.2) is 0 Å². The smallest absolute Gasteiger partial charge is 0.266 e. The molecule has 0 saturated heterocycles. The Morgan fingerprint density at radius 1 is 1.21 bits per heavy atom. The lowest BCUT2D eigenvalue weighted by atomic mass is 10.1. The number of rotatable bonds is 5. The van der Waals surface area contributed by atoms with Crippen molar-refractivity contribution in [2.75, 3.05) is 10.6 Å². The highest BCUT2D eigenvalue weighted by Crippen LogP contribution is 2.31. The fourth-order valence-electron chi connectivity index (χ4n) is 3.29. The van der Waals surface area contributed by atoms with E-state index in [1.165, 1.54) is 5.56 Å². The van der Waals surface area contributed by atoms with Gasteiger partial charge in [0.2, 0.25) is 5.91 Å². The molecule has 3 aromatic rings. The van der Waals surface area contributed by atoms with Gasteiger partial charge in [0.1, 0.15) is 5.75 Å². The maximum atomic E-state index is 12.4. The zero-order valence-electron chi connectivity index (χ0n) is 16.3. The molecule has 148 valence electrons. The third-order valence-corrected chi connectivity index (χ3v) is 4.67. The second kappa shape index (κ2) is 7.79. The van der Waals surface area contributed by atoms with E-state index < -0.39 is 6.10 Å². The molecular formula is C22H22N4O3. The summed E-state index contributed by atoms with van der Waals surface area (Å²) < 4.78 is 7.47. The van der Waals surface area contributed by atoms with Gasteiger partial charge < -0.3 is 15.4 Å². The lowest BCUT2D eigenvalue weighted by Crippen LogP contribution is -2.39. The first-order chi connectivity index (χ1) is 14.0. The number of anilines is 2. The van der Waals surface area contributed by atoms with Crippen LogP contribution in [0, 0.1) is 13.8 Å². The van der Waals surface area contributed by atoms with E-state index in [1.54, 1.807) is 23.1 Å².